The summed E-state index contributed by atoms with van der Waals surface area (Å²) in [6, 6.07) is 26.8. The lowest BCUT2D eigenvalue weighted by molar-refractivity contribution is 0.587. The van der Waals surface area contributed by atoms with Gasteiger partial charge in [-0.05, 0) is 45.4 Å². The molecule has 0 nitrogen and oxygen atoms in total. The summed E-state index contributed by atoms with van der Waals surface area (Å²) in [5.74, 6) is 0. The molecule has 0 atom stereocenters. The second-order valence-electron chi connectivity index (χ2n) is 10.2. The second-order valence-corrected chi connectivity index (χ2v) is 10.7. The van der Waals surface area contributed by atoms with Crippen molar-refractivity contribution in [2.75, 3.05) is 0 Å². The zero-order valence-electron chi connectivity index (χ0n) is 18.9. The summed E-state index contributed by atoms with van der Waals surface area (Å²) in [5, 5.41) is 0. The quantitative estimate of drug-likeness (QED) is 0.421. The molecule has 1 heteroatoms. The first-order valence-corrected chi connectivity index (χ1v) is 10.9. The van der Waals surface area contributed by atoms with E-state index in [-0.39, 0.29) is 16.2 Å². The molecular weight excluding hydrogens is 368 g/mol. The van der Waals surface area contributed by atoms with Crippen LogP contribution in [-0.2, 0) is 16.2 Å². The average Bonchev–Trinajstić information content (AvgIpc) is 2.68. The zero-order chi connectivity index (χ0) is 21.4. The third-order valence-corrected chi connectivity index (χ3v) is 6.69. The molecule has 0 aromatic heterocycles. The van der Waals surface area contributed by atoms with Gasteiger partial charge in [0.15, 0.2) is 0 Å². The summed E-state index contributed by atoms with van der Waals surface area (Å²) >= 11 is 4.42. The summed E-state index contributed by atoms with van der Waals surface area (Å²) in [4.78, 5) is 0.999. The first-order valence-electron chi connectivity index (χ1n) is 10.4. The minimum absolute atomic E-state index is 0.0350. The van der Waals surface area contributed by atoms with Crippen LogP contribution in [-0.4, -0.2) is 0 Å². The van der Waals surface area contributed by atoms with Crippen LogP contribution in [0.1, 0.15) is 76.3 Å². The first kappa shape index (κ1) is 21.7. The molecule has 0 saturated carbocycles. The molecule has 29 heavy (non-hydrogen) atoms. The predicted octanol–water partition coefficient (Wildman–Crippen LogP) is 7.92. The Morgan fingerprint density at radius 1 is 0.414 bits per heavy atom. The molecule has 0 aliphatic rings. The van der Waals surface area contributed by atoms with Gasteiger partial charge in [0.2, 0.25) is 0 Å². The Morgan fingerprint density at radius 2 is 0.655 bits per heavy atom. The monoisotopic (exact) mass is 402 g/mol. The lowest BCUT2D eigenvalue weighted by atomic mass is 9.74. The highest BCUT2D eigenvalue weighted by atomic mass is 32.1. The number of hydrogen-bond acceptors (Lipinski definition) is 1. The van der Waals surface area contributed by atoms with E-state index in [4.69, 9.17) is 0 Å². The van der Waals surface area contributed by atoms with Crippen LogP contribution in [0.3, 0.4) is 0 Å². The van der Waals surface area contributed by atoms with E-state index in [2.05, 4.69) is 134 Å². The van der Waals surface area contributed by atoms with Crippen molar-refractivity contribution >= 4 is 12.6 Å². The Morgan fingerprint density at radius 3 is 0.931 bits per heavy atom. The van der Waals surface area contributed by atoms with Gasteiger partial charge in [-0.3, -0.25) is 0 Å². The van der Waals surface area contributed by atoms with E-state index in [0.717, 1.165) is 4.90 Å². The van der Waals surface area contributed by atoms with Crippen molar-refractivity contribution in [3.05, 3.63) is 101 Å². The van der Waals surface area contributed by atoms with Gasteiger partial charge in [-0.2, -0.15) is 0 Å². The smallest absolute Gasteiger partial charge is 0.0146 e. The van der Waals surface area contributed by atoms with Gasteiger partial charge in [-0.25, -0.2) is 0 Å². The van der Waals surface area contributed by atoms with Crippen LogP contribution in [0.2, 0.25) is 0 Å². The van der Waals surface area contributed by atoms with Crippen LogP contribution in [0.4, 0.5) is 0 Å². The van der Waals surface area contributed by atoms with E-state index in [9.17, 15) is 0 Å². The Hall–Kier alpha value is -1.99. The Labute approximate surface area is 182 Å². The molecule has 0 aliphatic heterocycles. The third-order valence-electron chi connectivity index (χ3n) is 6.39. The Kier molecular flexibility index (Phi) is 5.75. The van der Waals surface area contributed by atoms with Gasteiger partial charge >= 0.3 is 0 Å². The van der Waals surface area contributed by atoms with Crippen molar-refractivity contribution in [1.82, 2.24) is 0 Å². The Balaban J connectivity index is 1.89. The van der Waals surface area contributed by atoms with Gasteiger partial charge < -0.3 is 0 Å². The number of benzene rings is 3. The molecule has 0 amide bonds. The molecular formula is C28H34S. The molecule has 0 N–H and O–H groups in total. The highest BCUT2D eigenvalue weighted by Gasteiger charge is 2.27. The normalized spacial score (nSPS) is 12.8. The maximum absolute atomic E-state index is 4.42. The van der Waals surface area contributed by atoms with Crippen molar-refractivity contribution < 1.29 is 0 Å². The highest BCUT2D eigenvalue weighted by molar-refractivity contribution is 7.80. The van der Waals surface area contributed by atoms with E-state index >= 15 is 0 Å². The van der Waals surface area contributed by atoms with Gasteiger partial charge in [0.25, 0.3) is 0 Å². The summed E-state index contributed by atoms with van der Waals surface area (Å²) in [6.07, 6.45) is 0. The van der Waals surface area contributed by atoms with Gasteiger partial charge in [-0.1, -0.05) is 109 Å². The second kappa shape index (κ2) is 7.69. The number of rotatable bonds is 4. The summed E-state index contributed by atoms with van der Waals surface area (Å²) in [7, 11) is 0. The SMILES string of the molecule is CC(C)(C)c1ccc(C(C)(C)c2ccc(C(C)(C)c3ccc(S)cc3)cc2)cc1. The minimum Gasteiger partial charge on any atom is -0.143 e. The van der Waals surface area contributed by atoms with Crippen LogP contribution < -0.4 is 0 Å². The van der Waals surface area contributed by atoms with Crippen molar-refractivity contribution in [3.63, 3.8) is 0 Å². The molecule has 152 valence electrons. The molecule has 0 aliphatic carbocycles. The fourth-order valence-corrected chi connectivity index (χ4v) is 4.05. The fourth-order valence-electron chi connectivity index (χ4n) is 3.90. The molecule has 0 radical (unpaired) electrons. The molecule has 0 spiro atoms. The van der Waals surface area contributed by atoms with Crippen molar-refractivity contribution in [2.24, 2.45) is 0 Å². The minimum atomic E-state index is -0.0431. The lowest BCUT2D eigenvalue weighted by Crippen LogP contribution is -2.22. The predicted molar refractivity (Wildman–Crippen MR) is 130 cm³/mol. The Bertz CT molecular complexity index is 951. The van der Waals surface area contributed by atoms with Crippen LogP contribution in [0.5, 0.6) is 0 Å². The van der Waals surface area contributed by atoms with Crippen molar-refractivity contribution in [3.8, 4) is 0 Å². The summed E-state index contributed by atoms with van der Waals surface area (Å²) in [6.45, 7) is 16.0. The maximum Gasteiger partial charge on any atom is 0.0146 e. The van der Waals surface area contributed by atoms with E-state index < -0.39 is 0 Å². The highest BCUT2D eigenvalue weighted by Crippen LogP contribution is 2.36. The number of thiol groups is 1. The van der Waals surface area contributed by atoms with Crippen LogP contribution in [0.25, 0.3) is 0 Å². The average molecular weight is 403 g/mol. The van der Waals surface area contributed by atoms with E-state index in [1.807, 2.05) is 0 Å². The molecule has 0 fully saturated rings. The largest absolute Gasteiger partial charge is 0.143 e. The molecule has 3 rings (SSSR count). The maximum atomic E-state index is 4.42. The summed E-state index contributed by atoms with van der Waals surface area (Å²) < 4.78 is 0. The van der Waals surface area contributed by atoms with Gasteiger partial charge in [0.05, 0.1) is 0 Å². The van der Waals surface area contributed by atoms with Crippen molar-refractivity contribution in [2.45, 2.75) is 69.6 Å². The first-order chi connectivity index (χ1) is 13.4. The van der Waals surface area contributed by atoms with Gasteiger partial charge in [0, 0.05) is 15.7 Å². The van der Waals surface area contributed by atoms with Gasteiger partial charge in [0.1, 0.15) is 0 Å². The van der Waals surface area contributed by atoms with E-state index in [1.54, 1.807) is 0 Å². The van der Waals surface area contributed by atoms with Crippen LogP contribution in [0.15, 0.2) is 77.7 Å². The lowest BCUT2D eigenvalue weighted by Gasteiger charge is -2.30. The topological polar surface area (TPSA) is 0 Å². The van der Waals surface area contributed by atoms with E-state index in [1.165, 1.54) is 27.8 Å². The fraction of sp³-hybridized carbons (Fsp3) is 0.357. The van der Waals surface area contributed by atoms with E-state index in [0.29, 0.717) is 0 Å². The molecule has 0 heterocycles. The third kappa shape index (κ3) is 4.46. The van der Waals surface area contributed by atoms with Crippen LogP contribution in [0, 0.1) is 0 Å². The standard InChI is InChI=1S/C28H34S/c1-26(2,3)20-8-10-21(11-9-20)27(4,5)22-12-14-23(15-13-22)28(6,7)24-16-18-25(29)19-17-24/h8-19,29H,1-7H3. The molecule has 3 aromatic rings. The van der Waals surface area contributed by atoms with Gasteiger partial charge in [-0.15, -0.1) is 12.6 Å². The summed E-state index contributed by atoms with van der Waals surface area (Å²) in [5.41, 5.74) is 6.80. The number of hydrogen-bond donors (Lipinski definition) is 1. The molecule has 0 saturated heterocycles. The van der Waals surface area contributed by atoms with Crippen LogP contribution >= 0.6 is 12.6 Å². The zero-order valence-corrected chi connectivity index (χ0v) is 19.8. The molecule has 0 bridgehead atoms. The van der Waals surface area contributed by atoms with Crippen molar-refractivity contribution in [1.29, 1.82) is 0 Å². The molecule has 3 aromatic carbocycles. The molecule has 0 unspecified atom stereocenters.